The molecule has 0 nitrogen and oxygen atoms in total. The van der Waals surface area contributed by atoms with Gasteiger partial charge in [0, 0.05) is 0 Å². The Bertz CT molecular complexity index is 1790. The second-order valence-corrected chi connectivity index (χ2v) is 26.6. The van der Waals surface area contributed by atoms with Gasteiger partial charge in [0.2, 0.25) is 0 Å². The molecule has 1 aliphatic carbocycles. The van der Waals surface area contributed by atoms with Crippen LogP contribution in [0.15, 0.2) is 115 Å². The van der Waals surface area contributed by atoms with Gasteiger partial charge in [-0.3, -0.25) is 0 Å². The standard InChI is InChI=1S/C23H19.C12H9Si.2ClH.Zr/c1-16-14-19-13-12-17(2)23(22(19)15-16)21-11-7-6-10-20(21)18-8-4-3-5-9-18;1-3-7-11-9(5-1)10-6-2-4-8-12(10)13-11;;;/h3-15H,1-2H3;1-7H,13H2;2*1H;/q;;;;+2/p-2. The van der Waals surface area contributed by atoms with Gasteiger partial charge in [0.1, 0.15) is 0 Å². The molecule has 2 aliphatic rings. The van der Waals surface area contributed by atoms with Crippen LogP contribution in [0.5, 0.6) is 0 Å². The van der Waals surface area contributed by atoms with E-state index >= 15 is 0 Å². The number of allylic oxidation sites excluding steroid dienone is 1. The molecule has 0 bridgehead atoms. The maximum absolute atomic E-state index is 7.74. The van der Waals surface area contributed by atoms with Crippen molar-refractivity contribution >= 4 is 46.3 Å². The molecule has 0 aromatic heterocycles. The van der Waals surface area contributed by atoms with Gasteiger partial charge in [0.25, 0.3) is 0 Å². The van der Waals surface area contributed by atoms with Crippen molar-refractivity contribution in [2.45, 2.75) is 17.5 Å². The molecule has 5 aromatic carbocycles. The molecule has 5 aromatic rings. The van der Waals surface area contributed by atoms with E-state index in [2.05, 4.69) is 129 Å². The first-order valence-electron chi connectivity index (χ1n) is 13.5. The molecule has 0 saturated heterocycles. The van der Waals surface area contributed by atoms with Crippen LogP contribution in [0.25, 0.3) is 39.5 Å². The first-order valence-corrected chi connectivity index (χ1v) is 23.9. The maximum atomic E-state index is 7.74. The van der Waals surface area contributed by atoms with Gasteiger partial charge in [-0.25, -0.2) is 0 Å². The first-order chi connectivity index (χ1) is 18.9. The van der Waals surface area contributed by atoms with E-state index < -0.39 is 27.4 Å². The monoisotopic (exact) mass is 636 g/mol. The van der Waals surface area contributed by atoms with E-state index in [1.807, 2.05) is 0 Å². The second-order valence-electron chi connectivity index (χ2n) is 10.8. The summed E-state index contributed by atoms with van der Waals surface area (Å²) in [6, 6.07) is 39.5. The fraction of sp³-hybridized carbons (Fsp3) is 0.0857. The van der Waals surface area contributed by atoms with E-state index in [1.165, 1.54) is 69.3 Å². The number of benzene rings is 5. The summed E-state index contributed by atoms with van der Waals surface area (Å²) in [6.45, 7) is 4.46. The molecule has 1 atom stereocenters. The zero-order valence-corrected chi connectivity index (χ0v) is 27.4. The van der Waals surface area contributed by atoms with Crippen molar-refractivity contribution < 1.29 is 17.9 Å². The molecule has 0 radical (unpaired) electrons. The molecule has 39 heavy (non-hydrogen) atoms. The minimum atomic E-state index is -3.93. The van der Waals surface area contributed by atoms with Crippen LogP contribution in [0.3, 0.4) is 0 Å². The van der Waals surface area contributed by atoms with Crippen LogP contribution >= 0.6 is 17.0 Å². The van der Waals surface area contributed by atoms with Crippen molar-refractivity contribution in [3.8, 4) is 33.4 Å². The van der Waals surface area contributed by atoms with Crippen molar-refractivity contribution in [3.05, 3.63) is 131 Å². The predicted molar refractivity (Wildman–Crippen MR) is 169 cm³/mol. The normalized spacial score (nSPS) is 16.1. The number of rotatable bonds is 4. The number of hydrogen-bond acceptors (Lipinski definition) is 0. The van der Waals surface area contributed by atoms with Crippen molar-refractivity contribution in [3.63, 3.8) is 0 Å². The van der Waals surface area contributed by atoms with E-state index in [-0.39, 0.29) is 3.63 Å². The van der Waals surface area contributed by atoms with Crippen molar-refractivity contribution in [2.75, 3.05) is 0 Å². The van der Waals surface area contributed by atoms with Gasteiger partial charge in [0.15, 0.2) is 0 Å². The molecule has 7 rings (SSSR count). The molecule has 0 amide bonds. The van der Waals surface area contributed by atoms with Gasteiger partial charge < -0.3 is 0 Å². The third-order valence-electron chi connectivity index (χ3n) is 8.48. The van der Waals surface area contributed by atoms with Gasteiger partial charge in [-0.2, -0.15) is 0 Å². The predicted octanol–water partition coefficient (Wildman–Crippen LogP) is 7.67. The Morgan fingerprint density at radius 3 is 2.10 bits per heavy atom. The zero-order chi connectivity index (χ0) is 26.7. The number of halogens is 2. The van der Waals surface area contributed by atoms with Gasteiger partial charge >= 0.3 is 246 Å². The summed E-state index contributed by atoms with van der Waals surface area (Å²) in [5, 5.41) is 2.98. The third kappa shape index (κ3) is 4.11. The summed E-state index contributed by atoms with van der Waals surface area (Å²) < 4.78 is 1.37. The van der Waals surface area contributed by atoms with Crippen LogP contribution in [0.1, 0.15) is 27.2 Å². The molecular formula is C35H28Cl2SiZr. The molecule has 0 N–H and O–H groups in total. The Balaban J connectivity index is 1.38. The summed E-state index contributed by atoms with van der Waals surface area (Å²) in [5.74, 6) is 0. The quantitative estimate of drug-likeness (QED) is 0.174. The minimum absolute atomic E-state index is 0.0880. The summed E-state index contributed by atoms with van der Waals surface area (Å²) in [5.41, 5.74) is 12.9. The summed E-state index contributed by atoms with van der Waals surface area (Å²) >= 11 is -3.93. The topological polar surface area (TPSA) is 0 Å². The van der Waals surface area contributed by atoms with Crippen LogP contribution in [-0.4, -0.2) is 9.52 Å². The average Bonchev–Trinajstić information content (AvgIpc) is 3.51. The zero-order valence-electron chi connectivity index (χ0n) is 22.0. The molecule has 190 valence electrons. The molecule has 1 unspecified atom stereocenters. The summed E-state index contributed by atoms with van der Waals surface area (Å²) in [6.07, 6.45) is 2.37. The SMILES string of the molecule is CC1=Cc2c(ccc(C)c2-c2ccccc2-c2ccccc2)[CH]1[Zr]([Cl])([Cl])[c]1cccc2c1[SiH2]c1ccccc1-2. The Morgan fingerprint density at radius 1 is 0.641 bits per heavy atom. The van der Waals surface area contributed by atoms with E-state index in [0.29, 0.717) is 0 Å². The first kappa shape index (κ1) is 25.5. The van der Waals surface area contributed by atoms with Gasteiger partial charge in [0.05, 0.1) is 0 Å². The Hall–Kier alpha value is -2.48. The van der Waals surface area contributed by atoms with E-state index in [4.69, 9.17) is 17.0 Å². The Kier molecular flexibility index (Phi) is 6.44. The summed E-state index contributed by atoms with van der Waals surface area (Å²) in [4.78, 5) is 0. The third-order valence-corrected chi connectivity index (χ3v) is 23.0. The van der Waals surface area contributed by atoms with Crippen molar-refractivity contribution in [2.24, 2.45) is 0 Å². The molecular weight excluding hydrogens is 611 g/mol. The fourth-order valence-corrected chi connectivity index (χ4v) is 23.9. The second kappa shape index (κ2) is 9.86. The van der Waals surface area contributed by atoms with Gasteiger partial charge in [-0.15, -0.1) is 0 Å². The Morgan fingerprint density at radius 2 is 1.31 bits per heavy atom. The number of aryl methyl sites for hydroxylation is 1. The van der Waals surface area contributed by atoms with Crippen LogP contribution in [-0.2, 0) is 17.9 Å². The molecule has 0 fully saturated rings. The molecule has 4 heteroatoms. The van der Waals surface area contributed by atoms with Crippen molar-refractivity contribution in [1.29, 1.82) is 0 Å². The number of fused-ring (bicyclic) bond motifs is 4. The van der Waals surface area contributed by atoms with E-state index in [9.17, 15) is 0 Å². The van der Waals surface area contributed by atoms with Crippen LogP contribution in [0, 0.1) is 6.92 Å². The molecule has 0 spiro atoms. The Labute approximate surface area is 244 Å². The van der Waals surface area contributed by atoms with Crippen LogP contribution in [0.4, 0.5) is 0 Å². The van der Waals surface area contributed by atoms with Gasteiger partial charge in [-0.1, -0.05) is 0 Å². The molecule has 0 saturated carbocycles. The van der Waals surface area contributed by atoms with E-state index in [1.54, 1.807) is 0 Å². The van der Waals surface area contributed by atoms with Crippen molar-refractivity contribution in [1.82, 2.24) is 0 Å². The number of hydrogen-bond donors (Lipinski definition) is 0. The fourth-order valence-electron chi connectivity index (χ4n) is 6.74. The average molecular weight is 639 g/mol. The summed E-state index contributed by atoms with van der Waals surface area (Å²) in [7, 11) is 14.9. The van der Waals surface area contributed by atoms with Crippen LogP contribution < -0.4 is 13.6 Å². The molecule has 1 aliphatic heterocycles. The van der Waals surface area contributed by atoms with E-state index in [0.717, 1.165) is 0 Å². The van der Waals surface area contributed by atoms with Crippen LogP contribution in [0.2, 0.25) is 0 Å². The van der Waals surface area contributed by atoms with Gasteiger partial charge in [-0.05, 0) is 0 Å². The molecule has 1 heterocycles.